The molecular weight excluding hydrogens is 330 g/mol. The van der Waals surface area contributed by atoms with E-state index in [4.69, 9.17) is 15.7 Å². The lowest BCUT2D eigenvalue weighted by molar-refractivity contribution is 1.41. The number of amidine groups is 1. The van der Waals surface area contributed by atoms with Gasteiger partial charge in [-0.05, 0) is 42.7 Å². The molecule has 0 aliphatic rings. The molecule has 0 saturated carbocycles. The number of aryl methyl sites for hydroxylation is 1. The van der Waals surface area contributed by atoms with Gasteiger partial charge in [0, 0.05) is 17.0 Å². The van der Waals surface area contributed by atoms with Crippen LogP contribution < -0.4 is 5.73 Å². The van der Waals surface area contributed by atoms with Gasteiger partial charge in [-0.25, -0.2) is 9.98 Å². The summed E-state index contributed by atoms with van der Waals surface area (Å²) in [5, 5.41) is 0. The second-order valence-electron chi connectivity index (χ2n) is 6.40. The van der Waals surface area contributed by atoms with Crippen LogP contribution in [0.3, 0.4) is 0 Å². The topological polar surface area (TPSA) is 50.7 Å². The Balaban J connectivity index is 2.09. The van der Waals surface area contributed by atoms with Gasteiger partial charge in [-0.2, -0.15) is 0 Å². The number of hydrogen-bond acceptors (Lipinski definition) is 2. The van der Waals surface area contributed by atoms with E-state index in [0.29, 0.717) is 17.2 Å². The summed E-state index contributed by atoms with van der Waals surface area (Å²) >= 11 is 0. The molecule has 3 aromatic rings. The highest BCUT2D eigenvalue weighted by Crippen LogP contribution is 2.20. The molecule has 0 aliphatic carbocycles. The molecule has 134 valence electrons. The van der Waals surface area contributed by atoms with Gasteiger partial charge < -0.3 is 5.73 Å². The first kappa shape index (κ1) is 18.3. The molecule has 0 saturated heterocycles. The largest absolute Gasteiger partial charge is 0.398 e. The molecule has 0 amide bonds. The highest BCUT2D eigenvalue weighted by molar-refractivity contribution is 6.14. The van der Waals surface area contributed by atoms with Gasteiger partial charge in [0.25, 0.3) is 0 Å². The van der Waals surface area contributed by atoms with Gasteiger partial charge in [0.2, 0.25) is 0 Å². The Bertz CT molecular complexity index is 1000. The van der Waals surface area contributed by atoms with Crippen LogP contribution in [0.4, 0.5) is 5.69 Å². The molecule has 0 unspecified atom stereocenters. The average Bonchev–Trinajstić information content (AvgIpc) is 2.69. The van der Waals surface area contributed by atoms with Gasteiger partial charge in [0.05, 0.1) is 5.70 Å². The van der Waals surface area contributed by atoms with E-state index in [1.807, 2.05) is 92.7 Å². The molecule has 0 bridgehead atoms. The van der Waals surface area contributed by atoms with Crippen LogP contribution in [0.15, 0.2) is 95.4 Å². The highest BCUT2D eigenvalue weighted by Gasteiger charge is 2.10. The Morgan fingerprint density at radius 3 is 2.00 bits per heavy atom. The molecule has 2 N–H and O–H groups in total. The molecule has 0 aromatic heterocycles. The van der Waals surface area contributed by atoms with Crippen LogP contribution in [0.5, 0.6) is 0 Å². The van der Waals surface area contributed by atoms with Crippen LogP contribution in [0, 0.1) is 6.92 Å². The molecular formula is C24H23N3. The molecule has 3 heteroatoms. The third-order valence-corrected chi connectivity index (χ3v) is 4.26. The summed E-state index contributed by atoms with van der Waals surface area (Å²) in [6.45, 7) is 8.10. The van der Waals surface area contributed by atoms with Crippen molar-refractivity contribution in [3.05, 3.63) is 108 Å². The second-order valence-corrected chi connectivity index (χ2v) is 6.40. The maximum Gasteiger partial charge on any atom is 0.162 e. The van der Waals surface area contributed by atoms with Gasteiger partial charge in [0.1, 0.15) is 0 Å². The van der Waals surface area contributed by atoms with Crippen LogP contribution in [0.2, 0.25) is 0 Å². The number of rotatable bonds is 4. The fourth-order valence-corrected chi connectivity index (χ4v) is 2.76. The lowest BCUT2D eigenvalue weighted by Crippen LogP contribution is -2.07. The Morgan fingerprint density at radius 1 is 0.815 bits per heavy atom. The zero-order valence-corrected chi connectivity index (χ0v) is 15.7. The molecule has 0 aliphatic heterocycles. The molecule has 0 radical (unpaired) electrons. The number of nitrogen functional groups attached to an aromatic ring is 1. The maximum atomic E-state index is 6.27. The monoisotopic (exact) mass is 353 g/mol. The summed E-state index contributed by atoms with van der Waals surface area (Å²) in [6, 6.07) is 25.8. The summed E-state index contributed by atoms with van der Waals surface area (Å²) in [6.07, 6.45) is 0. The fraction of sp³-hybridized carbons (Fsp3) is 0.0833. The minimum atomic E-state index is 0.558. The van der Waals surface area contributed by atoms with Gasteiger partial charge in [-0.3, -0.25) is 0 Å². The van der Waals surface area contributed by atoms with E-state index >= 15 is 0 Å². The predicted octanol–water partition coefficient (Wildman–Crippen LogP) is 5.50. The quantitative estimate of drug-likeness (QED) is 0.375. The summed E-state index contributed by atoms with van der Waals surface area (Å²) in [5.41, 5.74) is 12.3. The zero-order chi connectivity index (χ0) is 19.2. The minimum absolute atomic E-state index is 0.558. The van der Waals surface area contributed by atoms with Crippen molar-refractivity contribution < 1.29 is 0 Å². The molecule has 0 heterocycles. The number of nitrogens with two attached hydrogens (primary N) is 1. The van der Waals surface area contributed by atoms with Gasteiger partial charge in [0.15, 0.2) is 5.84 Å². The van der Waals surface area contributed by atoms with Crippen LogP contribution >= 0.6 is 0 Å². The van der Waals surface area contributed by atoms with Crippen molar-refractivity contribution in [2.75, 3.05) is 5.73 Å². The van der Waals surface area contributed by atoms with Crippen molar-refractivity contribution in [2.45, 2.75) is 13.8 Å². The van der Waals surface area contributed by atoms with Crippen LogP contribution in [-0.2, 0) is 0 Å². The Hall–Kier alpha value is -3.46. The van der Waals surface area contributed by atoms with Gasteiger partial charge in [-0.1, -0.05) is 73.3 Å². The standard InChI is InChI=1S/C24H23N3/c1-17-14-15-22(23(25)16-17)24(26-18(2)20-10-6-4-7-11-20)27-19(3)21-12-8-5-9-13-21/h4-16H,2,25H2,1,3H3. The van der Waals surface area contributed by atoms with Crippen LogP contribution in [0.25, 0.3) is 5.70 Å². The normalized spacial score (nSPS) is 12.1. The van der Waals surface area contributed by atoms with E-state index in [1.54, 1.807) is 0 Å². The van der Waals surface area contributed by atoms with Crippen molar-refractivity contribution in [3.8, 4) is 0 Å². The molecule has 3 aromatic carbocycles. The predicted molar refractivity (Wildman–Crippen MR) is 116 cm³/mol. The van der Waals surface area contributed by atoms with E-state index in [9.17, 15) is 0 Å². The summed E-state index contributed by atoms with van der Waals surface area (Å²) < 4.78 is 0. The number of hydrogen-bond donors (Lipinski definition) is 1. The first-order valence-electron chi connectivity index (χ1n) is 8.85. The lowest BCUT2D eigenvalue weighted by atomic mass is 10.1. The highest BCUT2D eigenvalue weighted by atomic mass is 14.9. The summed E-state index contributed by atoms with van der Waals surface area (Å²) in [5.74, 6) is 0.558. The molecule has 0 fully saturated rings. The first-order chi connectivity index (χ1) is 13.0. The van der Waals surface area contributed by atoms with E-state index in [1.165, 1.54) is 0 Å². The Morgan fingerprint density at radius 2 is 1.41 bits per heavy atom. The lowest BCUT2D eigenvalue weighted by Gasteiger charge is -2.10. The molecule has 3 rings (SSSR count). The van der Waals surface area contributed by atoms with Crippen molar-refractivity contribution in [2.24, 2.45) is 9.98 Å². The van der Waals surface area contributed by atoms with Gasteiger partial charge in [-0.15, -0.1) is 0 Å². The molecule has 3 nitrogen and oxygen atoms in total. The SMILES string of the molecule is C=C(N=C(N=C(C)c1ccccc1)c1ccc(C)cc1N)c1ccccc1. The van der Waals surface area contributed by atoms with Crippen LogP contribution in [-0.4, -0.2) is 11.5 Å². The Labute approximate surface area is 160 Å². The smallest absolute Gasteiger partial charge is 0.162 e. The fourth-order valence-electron chi connectivity index (χ4n) is 2.76. The number of benzene rings is 3. The molecule has 27 heavy (non-hydrogen) atoms. The van der Waals surface area contributed by atoms with Crippen molar-refractivity contribution in [3.63, 3.8) is 0 Å². The first-order valence-corrected chi connectivity index (χ1v) is 8.85. The van der Waals surface area contributed by atoms with Crippen molar-refractivity contribution >= 4 is 22.9 Å². The minimum Gasteiger partial charge on any atom is -0.398 e. The maximum absolute atomic E-state index is 6.27. The second kappa shape index (κ2) is 8.28. The van der Waals surface area contributed by atoms with Crippen molar-refractivity contribution in [1.29, 1.82) is 0 Å². The summed E-state index contributed by atoms with van der Waals surface area (Å²) in [7, 11) is 0. The van der Waals surface area contributed by atoms with Crippen LogP contribution in [0.1, 0.15) is 29.2 Å². The number of nitrogens with zero attached hydrogens (tertiary/aromatic N) is 2. The molecule has 0 spiro atoms. The van der Waals surface area contributed by atoms with E-state index in [0.717, 1.165) is 28.0 Å². The average molecular weight is 353 g/mol. The Kier molecular flexibility index (Phi) is 5.62. The number of aliphatic imine (C=N–C) groups is 2. The number of anilines is 1. The van der Waals surface area contributed by atoms with Crippen molar-refractivity contribution in [1.82, 2.24) is 0 Å². The third kappa shape index (κ3) is 4.59. The van der Waals surface area contributed by atoms with Gasteiger partial charge >= 0.3 is 0 Å². The van der Waals surface area contributed by atoms with E-state index in [-0.39, 0.29) is 0 Å². The molecule has 0 atom stereocenters. The van der Waals surface area contributed by atoms with E-state index < -0.39 is 0 Å². The van der Waals surface area contributed by atoms with E-state index in [2.05, 4.69) is 6.58 Å². The zero-order valence-electron chi connectivity index (χ0n) is 15.7. The third-order valence-electron chi connectivity index (χ3n) is 4.26. The summed E-state index contributed by atoms with van der Waals surface area (Å²) in [4.78, 5) is 9.53.